The Bertz CT molecular complexity index is 731. The first-order chi connectivity index (χ1) is 9.24. The van der Waals surface area contributed by atoms with E-state index in [1.807, 2.05) is 24.3 Å². The van der Waals surface area contributed by atoms with E-state index in [4.69, 9.17) is 11.6 Å². The number of para-hydroxylation sites is 1. The first kappa shape index (κ1) is 11.8. The lowest BCUT2D eigenvalue weighted by molar-refractivity contribution is 0.102. The van der Waals surface area contributed by atoms with Crippen LogP contribution < -0.4 is 5.32 Å². The number of carbonyl (C=O) groups excluding carboxylic acids is 1. The van der Waals surface area contributed by atoms with Gasteiger partial charge < -0.3 is 10.3 Å². The average molecular weight is 271 g/mol. The summed E-state index contributed by atoms with van der Waals surface area (Å²) >= 11 is 5.80. The van der Waals surface area contributed by atoms with Crippen molar-refractivity contribution in [3.05, 3.63) is 65.3 Å². The van der Waals surface area contributed by atoms with Gasteiger partial charge in [0.05, 0.1) is 5.69 Å². The van der Waals surface area contributed by atoms with Crippen LogP contribution in [0.4, 0.5) is 5.69 Å². The van der Waals surface area contributed by atoms with Crippen LogP contribution in [0.5, 0.6) is 0 Å². The van der Waals surface area contributed by atoms with Gasteiger partial charge in [-0.3, -0.25) is 4.79 Å². The summed E-state index contributed by atoms with van der Waals surface area (Å²) in [6, 6.07) is 14.6. The molecule has 0 aliphatic rings. The summed E-state index contributed by atoms with van der Waals surface area (Å²) in [5.41, 5.74) is 2.35. The van der Waals surface area contributed by atoms with Crippen LogP contribution in [0.2, 0.25) is 5.02 Å². The van der Waals surface area contributed by atoms with Crippen molar-refractivity contribution in [2.24, 2.45) is 0 Å². The highest BCUT2D eigenvalue weighted by atomic mass is 35.5. The molecule has 19 heavy (non-hydrogen) atoms. The zero-order chi connectivity index (χ0) is 13.2. The molecule has 3 rings (SSSR count). The van der Waals surface area contributed by atoms with E-state index in [1.165, 1.54) is 0 Å². The number of nitrogens with one attached hydrogen (secondary N) is 2. The summed E-state index contributed by atoms with van der Waals surface area (Å²) in [7, 11) is 0. The third kappa shape index (κ3) is 2.33. The minimum absolute atomic E-state index is 0.151. The molecule has 2 aromatic carbocycles. The maximum absolute atomic E-state index is 12.1. The highest BCUT2D eigenvalue weighted by Crippen LogP contribution is 2.23. The highest BCUT2D eigenvalue weighted by molar-refractivity contribution is 6.30. The van der Waals surface area contributed by atoms with Gasteiger partial charge in [-0.1, -0.05) is 29.8 Å². The Labute approximate surface area is 115 Å². The van der Waals surface area contributed by atoms with Gasteiger partial charge in [-0.05, 0) is 30.3 Å². The van der Waals surface area contributed by atoms with Crippen LogP contribution in [-0.4, -0.2) is 10.9 Å². The first-order valence-corrected chi connectivity index (χ1v) is 6.25. The quantitative estimate of drug-likeness (QED) is 0.724. The van der Waals surface area contributed by atoms with Crippen molar-refractivity contribution < 1.29 is 4.79 Å². The topological polar surface area (TPSA) is 44.9 Å². The van der Waals surface area contributed by atoms with E-state index in [9.17, 15) is 4.79 Å². The normalized spacial score (nSPS) is 10.6. The van der Waals surface area contributed by atoms with Gasteiger partial charge in [0.2, 0.25) is 0 Å². The third-order valence-electron chi connectivity index (χ3n) is 2.94. The summed E-state index contributed by atoms with van der Waals surface area (Å²) in [5, 5.41) is 4.49. The van der Waals surface area contributed by atoms with E-state index >= 15 is 0 Å². The molecule has 1 heterocycles. The van der Waals surface area contributed by atoms with Crippen LogP contribution >= 0.6 is 11.6 Å². The molecule has 0 unspecified atom stereocenters. The van der Waals surface area contributed by atoms with Crippen LogP contribution in [0, 0.1) is 0 Å². The minimum atomic E-state index is -0.151. The molecule has 0 fully saturated rings. The fourth-order valence-corrected chi connectivity index (χ4v) is 2.10. The van der Waals surface area contributed by atoms with E-state index in [-0.39, 0.29) is 5.91 Å². The lowest BCUT2D eigenvalue weighted by Gasteiger charge is -2.03. The second-order valence-corrected chi connectivity index (χ2v) is 4.65. The predicted molar refractivity (Wildman–Crippen MR) is 77.7 cm³/mol. The van der Waals surface area contributed by atoms with Crippen molar-refractivity contribution >= 4 is 34.1 Å². The number of amides is 1. The molecule has 0 bridgehead atoms. The fraction of sp³-hybridized carbons (Fsp3) is 0. The number of carbonyl (C=O) groups is 1. The van der Waals surface area contributed by atoms with Gasteiger partial charge in [-0.15, -0.1) is 0 Å². The minimum Gasteiger partial charge on any atom is -0.359 e. The summed E-state index contributed by atoms with van der Waals surface area (Å²) < 4.78 is 0. The maximum Gasteiger partial charge on any atom is 0.255 e. The number of aromatic nitrogens is 1. The van der Waals surface area contributed by atoms with E-state index < -0.39 is 0 Å². The maximum atomic E-state index is 12.1. The Hall–Kier alpha value is -2.26. The molecule has 1 aromatic heterocycles. The molecule has 3 aromatic rings. The summed E-state index contributed by atoms with van der Waals surface area (Å²) in [4.78, 5) is 15.2. The molecule has 1 amide bonds. The zero-order valence-electron chi connectivity index (χ0n) is 9.98. The van der Waals surface area contributed by atoms with Crippen molar-refractivity contribution in [1.29, 1.82) is 0 Å². The molecular formula is C15H11ClN2O. The highest BCUT2D eigenvalue weighted by Gasteiger charge is 2.09. The largest absolute Gasteiger partial charge is 0.359 e. The number of hydrogen-bond donors (Lipinski definition) is 2. The Morgan fingerprint density at radius 3 is 2.58 bits per heavy atom. The summed E-state index contributed by atoms with van der Waals surface area (Å²) in [6.07, 6.45) is 1.79. The lowest BCUT2D eigenvalue weighted by Crippen LogP contribution is -2.11. The molecule has 0 saturated carbocycles. The van der Waals surface area contributed by atoms with Crippen molar-refractivity contribution in [2.75, 3.05) is 5.32 Å². The Kier molecular flexibility index (Phi) is 2.97. The molecule has 0 radical (unpaired) electrons. The number of hydrogen-bond acceptors (Lipinski definition) is 1. The molecule has 0 spiro atoms. The molecule has 0 aliphatic heterocycles. The summed E-state index contributed by atoms with van der Waals surface area (Å²) in [6.45, 7) is 0. The van der Waals surface area contributed by atoms with E-state index in [2.05, 4.69) is 10.3 Å². The van der Waals surface area contributed by atoms with Gasteiger partial charge >= 0.3 is 0 Å². The molecule has 2 N–H and O–H groups in total. The van der Waals surface area contributed by atoms with Crippen LogP contribution in [0.1, 0.15) is 10.4 Å². The molecule has 0 aliphatic carbocycles. The molecule has 3 nitrogen and oxygen atoms in total. The predicted octanol–water partition coefficient (Wildman–Crippen LogP) is 4.07. The van der Waals surface area contributed by atoms with Crippen molar-refractivity contribution in [1.82, 2.24) is 4.98 Å². The van der Waals surface area contributed by atoms with Gasteiger partial charge in [0.15, 0.2) is 0 Å². The molecular weight excluding hydrogens is 260 g/mol. The van der Waals surface area contributed by atoms with Crippen molar-refractivity contribution in [3.63, 3.8) is 0 Å². The summed E-state index contributed by atoms with van der Waals surface area (Å²) in [5.74, 6) is -0.151. The Morgan fingerprint density at radius 1 is 1.05 bits per heavy atom. The van der Waals surface area contributed by atoms with E-state index in [0.29, 0.717) is 10.6 Å². The van der Waals surface area contributed by atoms with Crippen LogP contribution in [-0.2, 0) is 0 Å². The van der Waals surface area contributed by atoms with E-state index in [0.717, 1.165) is 16.6 Å². The second kappa shape index (κ2) is 4.78. The van der Waals surface area contributed by atoms with Crippen molar-refractivity contribution in [3.8, 4) is 0 Å². The Balaban J connectivity index is 1.89. The third-order valence-corrected chi connectivity index (χ3v) is 3.20. The molecule has 0 saturated heterocycles. The standard InChI is InChI=1S/C15H11ClN2O/c16-11-7-5-10(6-8-11)15(19)18-14-9-17-13-4-2-1-3-12(13)14/h1-9,17H,(H,18,19). The number of aromatic amines is 1. The monoisotopic (exact) mass is 270 g/mol. The number of H-pyrrole nitrogens is 1. The smallest absolute Gasteiger partial charge is 0.255 e. The average Bonchev–Trinajstić information content (AvgIpc) is 2.83. The van der Waals surface area contributed by atoms with Crippen LogP contribution in [0.15, 0.2) is 54.7 Å². The molecule has 94 valence electrons. The number of rotatable bonds is 2. The van der Waals surface area contributed by atoms with E-state index in [1.54, 1.807) is 30.5 Å². The number of anilines is 1. The van der Waals surface area contributed by atoms with Gasteiger partial charge in [0, 0.05) is 27.7 Å². The molecule has 4 heteroatoms. The van der Waals surface area contributed by atoms with Gasteiger partial charge in [0.1, 0.15) is 0 Å². The zero-order valence-corrected chi connectivity index (χ0v) is 10.7. The van der Waals surface area contributed by atoms with Crippen molar-refractivity contribution in [2.45, 2.75) is 0 Å². The van der Waals surface area contributed by atoms with Gasteiger partial charge in [-0.2, -0.15) is 0 Å². The van der Waals surface area contributed by atoms with Gasteiger partial charge in [-0.25, -0.2) is 0 Å². The van der Waals surface area contributed by atoms with Crippen LogP contribution in [0.3, 0.4) is 0 Å². The number of fused-ring (bicyclic) bond motifs is 1. The lowest BCUT2D eigenvalue weighted by atomic mass is 10.2. The second-order valence-electron chi connectivity index (χ2n) is 4.21. The van der Waals surface area contributed by atoms with Gasteiger partial charge in [0.25, 0.3) is 5.91 Å². The SMILES string of the molecule is O=C(Nc1c[nH]c2ccccc12)c1ccc(Cl)cc1. The number of halogens is 1. The molecule has 0 atom stereocenters. The fourth-order valence-electron chi connectivity index (χ4n) is 1.97. The van der Waals surface area contributed by atoms with Crippen LogP contribution in [0.25, 0.3) is 10.9 Å². The Morgan fingerprint density at radius 2 is 1.79 bits per heavy atom. The number of benzene rings is 2. The first-order valence-electron chi connectivity index (χ1n) is 5.87.